The lowest BCUT2D eigenvalue weighted by Crippen LogP contribution is -2.33. The van der Waals surface area contributed by atoms with Crippen molar-refractivity contribution in [3.8, 4) is 0 Å². The van der Waals surface area contributed by atoms with Gasteiger partial charge >= 0.3 is 5.97 Å². The first-order valence-corrected chi connectivity index (χ1v) is 7.57. The standard InChI is InChI=1S/C14H11Cl2NO3S/c1-7-6-21-12(10(7)16)13(18)17-11(14(19)20)8-4-2-3-5-9(8)15/h2-6,11H,1H3,(H,17,18)(H,19,20)/t11-/m1/s1. The van der Waals surface area contributed by atoms with Gasteiger partial charge in [-0.3, -0.25) is 4.79 Å². The number of carboxylic acid groups (broad SMARTS) is 1. The lowest BCUT2D eigenvalue weighted by molar-refractivity contribution is -0.139. The van der Waals surface area contributed by atoms with Gasteiger partial charge in [0.2, 0.25) is 0 Å². The zero-order chi connectivity index (χ0) is 15.6. The highest BCUT2D eigenvalue weighted by Crippen LogP contribution is 2.28. The van der Waals surface area contributed by atoms with Crippen LogP contribution < -0.4 is 5.32 Å². The Hall–Kier alpha value is -1.56. The fourth-order valence-electron chi connectivity index (χ4n) is 1.76. The van der Waals surface area contributed by atoms with E-state index in [-0.39, 0.29) is 9.90 Å². The highest BCUT2D eigenvalue weighted by atomic mass is 35.5. The van der Waals surface area contributed by atoms with Crippen LogP contribution in [0.1, 0.15) is 26.8 Å². The predicted octanol–water partition coefficient (Wildman–Crippen LogP) is 3.92. The summed E-state index contributed by atoms with van der Waals surface area (Å²) in [4.78, 5) is 23.9. The summed E-state index contributed by atoms with van der Waals surface area (Å²) in [6, 6.07) is 5.24. The third-order valence-corrected chi connectivity index (χ3v) is 4.88. The van der Waals surface area contributed by atoms with E-state index in [2.05, 4.69) is 5.32 Å². The first-order chi connectivity index (χ1) is 9.91. The minimum atomic E-state index is -1.23. The van der Waals surface area contributed by atoms with Gasteiger partial charge in [0.25, 0.3) is 5.91 Å². The van der Waals surface area contributed by atoms with E-state index in [1.54, 1.807) is 36.6 Å². The van der Waals surface area contributed by atoms with Crippen molar-refractivity contribution in [2.75, 3.05) is 0 Å². The molecule has 1 amide bonds. The molecule has 1 aromatic carbocycles. The monoisotopic (exact) mass is 343 g/mol. The van der Waals surface area contributed by atoms with Crippen LogP contribution in [0.5, 0.6) is 0 Å². The molecule has 21 heavy (non-hydrogen) atoms. The van der Waals surface area contributed by atoms with Crippen LogP contribution in [0, 0.1) is 6.92 Å². The van der Waals surface area contributed by atoms with E-state index in [0.29, 0.717) is 10.6 Å². The molecule has 1 atom stereocenters. The zero-order valence-electron chi connectivity index (χ0n) is 10.9. The molecule has 2 N–H and O–H groups in total. The van der Waals surface area contributed by atoms with Gasteiger partial charge in [-0.1, -0.05) is 41.4 Å². The number of hydrogen-bond donors (Lipinski definition) is 2. The van der Waals surface area contributed by atoms with Crippen LogP contribution in [0.15, 0.2) is 29.6 Å². The molecule has 0 aliphatic heterocycles. The molecule has 110 valence electrons. The molecule has 0 saturated heterocycles. The van der Waals surface area contributed by atoms with Gasteiger partial charge in [-0.2, -0.15) is 0 Å². The molecule has 0 saturated carbocycles. The average Bonchev–Trinajstić information content (AvgIpc) is 2.77. The molecular formula is C14H11Cl2NO3S. The first-order valence-electron chi connectivity index (χ1n) is 5.93. The van der Waals surface area contributed by atoms with Crippen LogP contribution in [0.2, 0.25) is 10.0 Å². The second-order valence-electron chi connectivity index (χ2n) is 4.33. The minimum Gasteiger partial charge on any atom is -0.479 e. The molecule has 4 nitrogen and oxygen atoms in total. The summed E-state index contributed by atoms with van der Waals surface area (Å²) in [6.07, 6.45) is 0. The molecule has 7 heteroatoms. The van der Waals surface area contributed by atoms with E-state index in [1.165, 1.54) is 11.3 Å². The molecule has 2 rings (SSSR count). The van der Waals surface area contributed by atoms with Crippen molar-refractivity contribution in [3.63, 3.8) is 0 Å². The number of amides is 1. The van der Waals surface area contributed by atoms with E-state index in [9.17, 15) is 14.7 Å². The van der Waals surface area contributed by atoms with Gasteiger partial charge in [-0.05, 0) is 23.9 Å². The minimum absolute atomic E-state index is 0.277. The Morgan fingerprint density at radius 3 is 2.48 bits per heavy atom. The largest absolute Gasteiger partial charge is 0.479 e. The van der Waals surface area contributed by atoms with Gasteiger partial charge in [0.1, 0.15) is 4.88 Å². The number of carboxylic acids is 1. The van der Waals surface area contributed by atoms with Crippen LogP contribution in [0.25, 0.3) is 0 Å². The van der Waals surface area contributed by atoms with Crippen molar-refractivity contribution in [1.29, 1.82) is 0 Å². The third kappa shape index (κ3) is 3.37. The summed E-state index contributed by atoms with van der Waals surface area (Å²) in [5.74, 6) is -1.73. The molecule has 1 aromatic heterocycles. The number of nitrogens with one attached hydrogen (secondary N) is 1. The van der Waals surface area contributed by atoms with Crippen molar-refractivity contribution >= 4 is 46.4 Å². The predicted molar refractivity (Wildman–Crippen MR) is 83.4 cm³/mol. The lowest BCUT2D eigenvalue weighted by Gasteiger charge is -2.15. The first kappa shape index (κ1) is 15.8. The Morgan fingerprint density at radius 1 is 1.29 bits per heavy atom. The number of halogens is 2. The zero-order valence-corrected chi connectivity index (χ0v) is 13.2. The molecule has 0 fully saturated rings. The summed E-state index contributed by atoms with van der Waals surface area (Å²) >= 11 is 13.2. The number of aryl methyl sites for hydroxylation is 1. The Bertz CT molecular complexity index is 699. The van der Waals surface area contributed by atoms with Gasteiger partial charge in [-0.15, -0.1) is 11.3 Å². The Kier molecular flexibility index (Phi) is 4.88. The maximum Gasteiger partial charge on any atom is 0.330 e. The second kappa shape index (κ2) is 6.47. The normalized spacial score (nSPS) is 12.0. The SMILES string of the molecule is Cc1csc(C(=O)N[C@@H](C(=O)O)c2ccccc2Cl)c1Cl. The smallest absolute Gasteiger partial charge is 0.330 e. The number of carbonyl (C=O) groups excluding carboxylic acids is 1. The van der Waals surface area contributed by atoms with Crippen LogP contribution in [-0.4, -0.2) is 17.0 Å². The van der Waals surface area contributed by atoms with Crippen LogP contribution in [-0.2, 0) is 4.79 Å². The number of rotatable bonds is 4. The quantitative estimate of drug-likeness (QED) is 0.883. The summed E-state index contributed by atoms with van der Waals surface area (Å²) in [6.45, 7) is 1.78. The number of carbonyl (C=O) groups is 2. The van der Waals surface area contributed by atoms with Crippen molar-refractivity contribution in [3.05, 3.63) is 55.7 Å². The maximum atomic E-state index is 12.2. The molecule has 2 aromatic rings. The van der Waals surface area contributed by atoms with E-state index in [1.807, 2.05) is 0 Å². The highest BCUT2D eigenvalue weighted by Gasteiger charge is 2.26. The van der Waals surface area contributed by atoms with E-state index >= 15 is 0 Å². The number of thiophene rings is 1. The summed E-state index contributed by atoms with van der Waals surface area (Å²) in [7, 11) is 0. The number of aliphatic carboxylic acids is 1. The van der Waals surface area contributed by atoms with Crippen molar-refractivity contribution < 1.29 is 14.7 Å². The summed E-state index contributed by atoms with van der Waals surface area (Å²) in [5.41, 5.74) is 1.10. The van der Waals surface area contributed by atoms with Gasteiger partial charge in [0.15, 0.2) is 6.04 Å². The molecule has 0 bridgehead atoms. The van der Waals surface area contributed by atoms with Crippen LogP contribution in [0.4, 0.5) is 0 Å². The van der Waals surface area contributed by atoms with Gasteiger partial charge in [-0.25, -0.2) is 4.79 Å². The maximum absolute atomic E-state index is 12.2. The Labute approximate surface area is 135 Å². The molecule has 0 aliphatic carbocycles. The Morgan fingerprint density at radius 2 is 1.95 bits per heavy atom. The fourth-order valence-corrected chi connectivity index (χ4v) is 3.19. The average molecular weight is 344 g/mol. The number of hydrogen-bond acceptors (Lipinski definition) is 3. The van der Waals surface area contributed by atoms with Crippen molar-refractivity contribution in [2.24, 2.45) is 0 Å². The van der Waals surface area contributed by atoms with Crippen molar-refractivity contribution in [1.82, 2.24) is 5.32 Å². The molecular weight excluding hydrogens is 333 g/mol. The fraction of sp³-hybridized carbons (Fsp3) is 0.143. The lowest BCUT2D eigenvalue weighted by atomic mass is 10.1. The summed E-state index contributed by atoms with van der Waals surface area (Å²) < 4.78 is 0. The molecule has 0 unspecified atom stereocenters. The van der Waals surface area contributed by atoms with Gasteiger partial charge in [0, 0.05) is 10.6 Å². The van der Waals surface area contributed by atoms with E-state index in [0.717, 1.165) is 5.56 Å². The Balaban J connectivity index is 2.30. The van der Waals surface area contributed by atoms with Crippen LogP contribution in [0.3, 0.4) is 0 Å². The molecule has 0 aliphatic rings. The van der Waals surface area contributed by atoms with E-state index < -0.39 is 17.9 Å². The van der Waals surface area contributed by atoms with E-state index in [4.69, 9.17) is 23.2 Å². The van der Waals surface area contributed by atoms with Crippen LogP contribution >= 0.6 is 34.5 Å². The van der Waals surface area contributed by atoms with Gasteiger partial charge in [0.05, 0.1) is 5.02 Å². The molecule has 1 heterocycles. The number of benzene rings is 1. The molecule has 0 radical (unpaired) electrons. The third-order valence-electron chi connectivity index (χ3n) is 2.84. The summed E-state index contributed by atoms with van der Waals surface area (Å²) in [5, 5.41) is 14.1. The second-order valence-corrected chi connectivity index (χ2v) is 5.99. The van der Waals surface area contributed by atoms with Gasteiger partial charge < -0.3 is 10.4 Å². The topological polar surface area (TPSA) is 66.4 Å². The van der Waals surface area contributed by atoms with Crippen molar-refractivity contribution in [2.45, 2.75) is 13.0 Å². The highest BCUT2D eigenvalue weighted by molar-refractivity contribution is 7.13. The molecule has 0 spiro atoms.